The first kappa shape index (κ1) is 18.4. The van der Waals surface area contributed by atoms with Gasteiger partial charge in [0.25, 0.3) is 0 Å². The zero-order valence-corrected chi connectivity index (χ0v) is 13.5. The predicted octanol–water partition coefficient (Wildman–Crippen LogP) is 0.697. The first-order valence-electron chi connectivity index (χ1n) is 7.57. The van der Waals surface area contributed by atoms with Crippen molar-refractivity contribution in [3.05, 3.63) is 0 Å². The summed E-state index contributed by atoms with van der Waals surface area (Å²) in [5.74, 6) is -0.284. The van der Waals surface area contributed by atoms with Crippen molar-refractivity contribution >= 4 is 5.97 Å². The molecule has 1 heterocycles. The van der Waals surface area contributed by atoms with Crippen LogP contribution in [0.15, 0.2) is 0 Å². The summed E-state index contributed by atoms with van der Waals surface area (Å²) in [5.41, 5.74) is -1.08. The van der Waals surface area contributed by atoms with Gasteiger partial charge in [0.1, 0.15) is 0 Å². The molecule has 2 atom stereocenters. The van der Waals surface area contributed by atoms with Crippen LogP contribution in [0.25, 0.3) is 0 Å². The lowest BCUT2D eigenvalue weighted by atomic mass is 9.70. The molecular formula is C15H29NO5. The van der Waals surface area contributed by atoms with Gasteiger partial charge in [0.2, 0.25) is 0 Å². The molecule has 0 radical (unpaired) electrons. The number of piperidine rings is 1. The number of rotatable bonds is 5. The summed E-state index contributed by atoms with van der Waals surface area (Å²) in [7, 11) is 0. The molecule has 0 bridgehead atoms. The highest BCUT2D eigenvalue weighted by Gasteiger charge is 2.43. The fourth-order valence-corrected chi connectivity index (χ4v) is 2.70. The number of aliphatic hydroxyl groups is 3. The lowest BCUT2D eigenvalue weighted by Crippen LogP contribution is -2.51. The molecule has 1 unspecified atom stereocenters. The van der Waals surface area contributed by atoms with Gasteiger partial charge < -0.3 is 20.2 Å². The van der Waals surface area contributed by atoms with Gasteiger partial charge in [-0.1, -0.05) is 0 Å². The molecule has 124 valence electrons. The Kier molecular flexibility index (Phi) is 6.16. The van der Waals surface area contributed by atoms with Crippen molar-refractivity contribution in [2.24, 2.45) is 10.8 Å². The van der Waals surface area contributed by atoms with Crippen molar-refractivity contribution in [1.82, 2.24) is 5.06 Å². The van der Waals surface area contributed by atoms with E-state index in [0.29, 0.717) is 32.4 Å². The standard InChI is InChI=1S/C15H29NO5/c1-11(18)12(19)15(7-10-17)5-8-16(9-6-15)21-13(20)14(2,3)4/h11-12,17-19H,5-10H2,1-4H3/t11-,12?/m0/s1. The highest BCUT2D eigenvalue weighted by molar-refractivity contribution is 5.75. The fraction of sp³-hybridized carbons (Fsp3) is 0.933. The van der Waals surface area contributed by atoms with Gasteiger partial charge in [-0.05, 0) is 47.0 Å². The molecule has 1 saturated heterocycles. The van der Waals surface area contributed by atoms with Crippen molar-refractivity contribution < 1.29 is 25.0 Å². The summed E-state index contributed by atoms with van der Waals surface area (Å²) >= 11 is 0. The average Bonchev–Trinajstić information content (AvgIpc) is 2.39. The average molecular weight is 303 g/mol. The Bertz CT molecular complexity index is 342. The van der Waals surface area contributed by atoms with Gasteiger partial charge in [-0.2, -0.15) is 0 Å². The smallest absolute Gasteiger partial charge is 0.330 e. The number of hydroxylamine groups is 2. The zero-order chi connectivity index (χ0) is 16.3. The van der Waals surface area contributed by atoms with E-state index in [-0.39, 0.29) is 12.6 Å². The lowest BCUT2D eigenvalue weighted by molar-refractivity contribution is -0.216. The van der Waals surface area contributed by atoms with Gasteiger partial charge in [-0.15, -0.1) is 5.06 Å². The van der Waals surface area contributed by atoms with E-state index in [1.165, 1.54) is 0 Å². The minimum atomic E-state index is -0.884. The molecule has 6 heteroatoms. The van der Waals surface area contributed by atoms with Gasteiger partial charge in [0.05, 0.1) is 17.6 Å². The Labute approximate surface area is 126 Å². The van der Waals surface area contributed by atoms with Crippen LogP contribution < -0.4 is 0 Å². The van der Waals surface area contributed by atoms with Crippen LogP contribution in [0.3, 0.4) is 0 Å². The summed E-state index contributed by atoms with van der Waals surface area (Å²) in [6.45, 7) is 7.89. The fourth-order valence-electron chi connectivity index (χ4n) is 2.70. The van der Waals surface area contributed by atoms with E-state index in [1.807, 2.05) is 0 Å². The number of aliphatic hydroxyl groups excluding tert-OH is 3. The molecule has 3 N–H and O–H groups in total. The SMILES string of the molecule is C[C@H](O)C(O)C1(CCO)CCN(OC(=O)C(C)(C)C)CC1. The van der Waals surface area contributed by atoms with Crippen molar-refractivity contribution in [2.75, 3.05) is 19.7 Å². The summed E-state index contributed by atoms with van der Waals surface area (Å²) in [6.07, 6.45) is -0.167. The topological polar surface area (TPSA) is 90.2 Å². The Morgan fingerprint density at radius 1 is 1.29 bits per heavy atom. The Morgan fingerprint density at radius 3 is 2.19 bits per heavy atom. The largest absolute Gasteiger partial charge is 0.396 e. The Balaban J connectivity index is 2.65. The van der Waals surface area contributed by atoms with E-state index in [0.717, 1.165) is 0 Å². The third-order valence-corrected chi connectivity index (χ3v) is 4.24. The highest BCUT2D eigenvalue weighted by Crippen LogP contribution is 2.39. The maximum atomic E-state index is 11.9. The lowest BCUT2D eigenvalue weighted by Gasteiger charge is -2.44. The van der Waals surface area contributed by atoms with Crippen molar-refractivity contribution in [2.45, 2.75) is 59.2 Å². The second-order valence-electron chi connectivity index (χ2n) is 7.08. The minimum Gasteiger partial charge on any atom is -0.396 e. The van der Waals surface area contributed by atoms with Crippen LogP contribution >= 0.6 is 0 Å². The molecule has 0 spiro atoms. The molecule has 0 aliphatic carbocycles. The molecular weight excluding hydrogens is 274 g/mol. The van der Waals surface area contributed by atoms with E-state index in [2.05, 4.69) is 0 Å². The van der Waals surface area contributed by atoms with Crippen LogP contribution in [0.1, 0.15) is 47.0 Å². The maximum absolute atomic E-state index is 11.9. The second-order valence-corrected chi connectivity index (χ2v) is 7.08. The monoisotopic (exact) mass is 303 g/mol. The summed E-state index contributed by atoms with van der Waals surface area (Å²) < 4.78 is 0. The van der Waals surface area contributed by atoms with Crippen LogP contribution in [-0.4, -0.2) is 58.3 Å². The number of carbonyl (C=O) groups is 1. The highest BCUT2D eigenvalue weighted by atomic mass is 16.7. The minimum absolute atomic E-state index is 0.0362. The van der Waals surface area contributed by atoms with Gasteiger partial charge in [-0.3, -0.25) is 0 Å². The number of hydrogen-bond donors (Lipinski definition) is 3. The van der Waals surface area contributed by atoms with E-state index in [1.54, 1.807) is 32.8 Å². The summed E-state index contributed by atoms with van der Waals surface area (Å²) in [5, 5.41) is 30.7. The molecule has 1 rings (SSSR count). The van der Waals surface area contributed by atoms with E-state index < -0.39 is 23.0 Å². The maximum Gasteiger partial charge on any atom is 0.330 e. The van der Waals surface area contributed by atoms with Gasteiger partial charge in [0, 0.05) is 25.1 Å². The van der Waals surface area contributed by atoms with Crippen molar-refractivity contribution in [3.63, 3.8) is 0 Å². The Hall–Kier alpha value is -0.690. The van der Waals surface area contributed by atoms with Crippen LogP contribution in [-0.2, 0) is 9.63 Å². The van der Waals surface area contributed by atoms with Gasteiger partial charge >= 0.3 is 5.97 Å². The predicted molar refractivity (Wildman–Crippen MR) is 78.2 cm³/mol. The molecule has 0 aromatic heterocycles. The third kappa shape index (κ3) is 4.64. The van der Waals surface area contributed by atoms with Crippen LogP contribution in [0, 0.1) is 10.8 Å². The van der Waals surface area contributed by atoms with Crippen molar-refractivity contribution in [1.29, 1.82) is 0 Å². The van der Waals surface area contributed by atoms with E-state index >= 15 is 0 Å². The molecule has 0 aromatic rings. The molecule has 1 aliphatic heterocycles. The zero-order valence-electron chi connectivity index (χ0n) is 13.5. The molecule has 0 saturated carbocycles. The summed E-state index contributed by atoms with van der Waals surface area (Å²) in [4.78, 5) is 17.2. The van der Waals surface area contributed by atoms with Gasteiger partial charge in [0.15, 0.2) is 0 Å². The van der Waals surface area contributed by atoms with Crippen LogP contribution in [0.2, 0.25) is 0 Å². The van der Waals surface area contributed by atoms with Crippen LogP contribution in [0.4, 0.5) is 0 Å². The summed E-state index contributed by atoms with van der Waals surface area (Å²) in [6, 6.07) is 0. The second kappa shape index (κ2) is 7.05. The van der Waals surface area contributed by atoms with Crippen molar-refractivity contribution in [3.8, 4) is 0 Å². The molecule has 0 aromatic carbocycles. The van der Waals surface area contributed by atoms with E-state index in [4.69, 9.17) is 4.84 Å². The molecule has 6 nitrogen and oxygen atoms in total. The first-order chi connectivity index (χ1) is 9.62. The number of hydrogen-bond acceptors (Lipinski definition) is 6. The normalized spacial score (nSPS) is 22.6. The van der Waals surface area contributed by atoms with E-state index in [9.17, 15) is 20.1 Å². The molecule has 1 aliphatic rings. The van der Waals surface area contributed by atoms with Gasteiger partial charge in [-0.25, -0.2) is 4.79 Å². The molecule has 21 heavy (non-hydrogen) atoms. The first-order valence-corrected chi connectivity index (χ1v) is 7.57. The molecule has 0 amide bonds. The number of carbonyl (C=O) groups excluding carboxylic acids is 1. The van der Waals surface area contributed by atoms with Crippen LogP contribution in [0.5, 0.6) is 0 Å². The number of nitrogens with zero attached hydrogens (tertiary/aromatic N) is 1. The molecule has 1 fully saturated rings. The Morgan fingerprint density at radius 2 is 1.81 bits per heavy atom. The third-order valence-electron chi connectivity index (χ3n) is 4.24. The quantitative estimate of drug-likeness (QED) is 0.692.